The maximum atomic E-state index is 10.2. The van der Waals surface area contributed by atoms with Crippen LogP contribution in [0, 0.1) is 6.92 Å². The van der Waals surface area contributed by atoms with E-state index in [1.54, 1.807) is 19.4 Å². The molecule has 0 aliphatic carbocycles. The molecule has 0 amide bonds. The summed E-state index contributed by atoms with van der Waals surface area (Å²) in [4.78, 5) is 0. The second kappa shape index (κ2) is 5.59. The number of aliphatic hydroxyl groups is 1. The van der Waals surface area contributed by atoms with Crippen molar-refractivity contribution in [3.8, 4) is 5.75 Å². The van der Waals surface area contributed by atoms with Crippen LogP contribution in [0.25, 0.3) is 0 Å². The zero-order chi connectivity index (χ0) is 13.1. The first kappa shape index (κ1) is 13.2. The van der Waals surface area contributed by atoms with Crippen LogP contribution in [0.1, 0.15) is 22.8 Å². The highest BCUT2D eigenvalue weighted by molar-refractivity contribution is 9.10. The minimum absolute atomic E-state index is 0.489. The summed E-state index contributed by atoms with van der Waals surface area (Å²) in [6, 6.07) is 7.69. The van der Waals surface area contributed by atoms with Crippen LogP contribution in [0.3, 0.4) is 0 Å². The first-order valence-corrected chi connectivity index (χ1v) is 6.45. The topological polar surface area (TPSA) is 42.6 Å². The summed E-state index contributed by atoms with van der Waals surface area (Å²) in [5.74, 6) is 0.791. The van der Waals surface area contributed by atoms with Crippen molar-refractivity contribution in [1.29, 1.82) is 0 Å². The molecule has 2 rings (SSSR count). The Hall–Kier alpha value is -1.26. The summed E-state index contributed by atoms with van der Waals surface area (Å²) < 4.78 is 11.0. The van der Waals surface area contributed by atoms with Crippen LogP contribution in [0.2, 0.25) is 0 Å². The minimum atomic E-state index is -0.617. The average Bonchev–Trinajstić information content (AvgIpc) is 2.76. The molecule has 0 aliphatic heterocycles. The lowest BCUT2D eigenvalue weighted by atomic mass is 10.0. The van der Waals surface area contributed by atoms with E-state index < -0.39 is 6.10 Å². The van der Waals surface area contributed by atoms with Gasteiger partial charge in [0.05, 0.1) is 19.5 Å². The lowest BCUT2D eigenvalue weighted by Gasteiger charge is -2.13. The maximum Gasteiger partial charge on any atom is 0.174 e. The van der Waals surface area contributed by atoms with Gasteiger partial charge in [-0.2, -0.15) is 0 Å². The van der Waals surface area contributed by atoms with E-state index in [-0.39, 0.29) is 0 Å². The zero-order valence-electron chi connectivity index (χ0n) is 10.3. The van der Waals surface area contributed by atoms with Crippen molar-refractivity contribution in [2.75, 3.05) is 7.11 Å². The Morgan fingerprint density at radius 3 is 2.78 bits per heavy atom. The molecule has 1 aromatic heterocycles. The highest BCUT2D eigenvalue weighted by atomic mass is 79.9. The third-order valence-corrected chi connectivity index (χ3v) is 3.50. The van der Waals surface area contributed by atoms with Crippen molar-refractivity contribution in [3.63, 3.8) is 0 Å². The van der Waals surface area contributed by atoms with Gasteiger partial charge in [-0.25, -0.2) is 0 Å². The quantitative estimate of drug-likeness (QED) is 0.937. The molecule has 3 nitrogen and oxygen atoms in total. The molecule has 0 spiro atoms. The summed E-state index contributed by atoms with van der Waals surface area (Å²) >= 11 is 3.27. The first-order chi connectivity index (χ1) is 8.61. The molecule has 4 heteroatoms. The summed E-state index contributed by atoms with van der Waals surface area (Å²) in [5, 5.41) is 10.2. The van der Waals surface area contributed by atoms with E-state index in [0.717, 1.165) is 22.4 Å². The molecule has 0 saturated heterocycles. The molecule has 1 atom stereocenters. The standard InChI is InChI=1S/C14H15BrO3/c1-9-3-4-13(17-2)10(7-9)8-12(16)11-5-6-18-14(11)15/h3-7,12,16H,8H2,1-2H3. The smallest absolute Gasteiger partial charge is 0.174 e. The van der Waals surface area contributed by atoms with E-state index in [4.69, 9.17) is 9.15 Å². The van der Waals surface area contributed by atoms with Gasteiger partial charge in [-0.3, -0.25) is 0 Å². The predicted octanol–water partition coefficient (Wildman–Crippen LogP) is 3.64. The molecule has 18 heavy (non-hydrogen) atoms. The summed E-state index contributed by atoms with van der Waals surface area (Å²) in [5.41, 5.74) is 2.88. The Kier molecular flexibility index (Phi) is 4.09. The van der Waals surface area contributed by atoms with E-state index in [0.29, 0.717) is 11.1 Å². The highest BCUT2D eigenvalue weighted by Gasteiger charge is 2.16. The number of hydrogen-bond donors (Lipinski definition) is 1. The Balaban J connectivity index is 2.23. The number of aliphatic hydroxyl groups excluding tert-OH is 1. The maximum absolute atomic E-state index is 10.2. The van der Waals surface area contributed by atoms with Gasteiger partial charge in [-0.05, 0) is 40.5 Å². The Bertz CT molecular complexity index is 534. The molecule has 1 heterocycles. The van der Waals surface area contributed by atoms with Gasteiger partial charge in [0.2, 0.25) is 0 Å². The fourth-order valence-electron chi connectivity index (χ4n) is 1.93. The molecule has 0 radical (unpaired) electrons. The fourth-order valence-corrected chi connectivity index (χ4v) is 2.43. The Morgan fingerprint density at radius 2 is 2.17 bits per heavy atom. The molecule has 1 aromatic carbocycles. The van der Waals surface area contributed by atoms with Gasteiger partial charge in [0.25, 0.3) is 0 Å². The molecule has 2 aromatic rings. The van der Waals surface area contributed by atoms with Crippen LogP contribution < -0.4 is 4.74 Å². The molecule has 1 N–H and O–H groups in total. The van der Waals surface area contributed by atoms with Gasteiger partial charge in [0, 0.05) is 12.0 Å². The van der Waals surface area contributed by atoms with Gasteiger partial charge in [-0.1, -0.05) is 17.7 Å². The number of methoxy groups -OCH3 is 1. The van der Waals surface area contributed by atoms with Crippen molar-refractivity contribution in [3.05, 3.63) is 51.9 Å². The van der Waals surface area contributed by atoms with E-state index >= 15 is 0 Å². The molecule has 0 bridgehead atoms. The van der Waals surface area contributed by atoms with Gasteiger partial charge in [0.1, 0.15) is 5.75 Å². The molecular formula is C14H15BrO3. The van der Waals surface area contributed by atoms with Gasteiger partial charge in [0.15, 0.2) is 4.67 Å². The molecule has 0 saturated carbocycles. The third-order valence-electron chi connectivity index (χ3n) is 2.85. The average molecular weight is 311 g/mol. The highest BCUT2D eigenvalue weighted by Crippen LogP contribution is 2.30. The van der Waals surface area contributed by atoms with Crippen LogP contribution >= 0.6 is 15.9 Å². The minimum Gasteiger partial charge on any atom is -0.496 e. The normalized spacial score (nSPS) is 12.4. The first-order valence-electron chi connectivity index (χ1n) is 5.66. The van der Waals surface area contributed by atoms with Crippen molar-refractivity contribution < 1.29 is 14.3 Å². The van der Waals surface area contributed by atoms with Gasteiger partial charge in [-0.15, -0.1) is 0 Å². The Morgan fingerprint density at radius 1 is 1.39 bits per heavy atom. The van der Waals surface area contributed by atoms with Crippen molar-refractivity contribution in [1.82, 2.24) is 0 Å². The number of hydrogen-bond acceptors (Lipinski definition) is 3. The monoisotopic (exact) mass is 310 g/mol. The molecule has 0 aliphatic rings. The summed E-state index contributed by atoms with van der Waals surface area (Å²) in [6.07, 6.45) is 1.42. The second-order valence-corrected chi connectivity index (χ2v) is 4.91. The van der Waals surface area contributed by atoms with Crippen LogP contribution in [-0.4, -0.2) is 12.2 Å². The van der Waals surface area contributed by atoms with Gasteiger partial charge >= 0.3 is 0 Å². The molecule has 0 fully saturated rings. The van der Waals surface area contributed by atoms with Crippen LogP contribution in [-0.2, 0) is 6.42 Å². The lowest BCUT2D eigenvalue weighted by molar-refractivity contribution is 0.175. The number of rotatable bonds is 4. The molecule has 96 valence electrons. The van der Waals surface area contributed by atoms with Crippen molar-refractivity contribution in [2.24, 2.45) is 0 Å². The van der Waals surface area contributed by atoms with E-state index in [2.05, 4.69) is 15.9 Å². The van der Waals surface area contributed by atoms with Crippen LogP contribution in [0.5, 0.6) is 5.75 Å². The van der Waals surface area contributed by atoms with Gasteiger partial charge < -0.3 is 14.3 Å². The van der Waals surface area contributed by atoms with E-state index in [1.807, 2.05) is 25.1 Å². The fraction of sp³-hybridized carbons (Fsp3) is 0.286. The number of halogens is 1. The lowest BCUT2D eigenvalue weighted by Crippen LogP contribution is -2.03. The molecular weight excluding hydrogens is 296 g/mol. The second-order valence-electron chi connectivity index (χ2n) is 4.18. The largest absolute Gasteiger partial charge is 0.496 e. The Labute approximate surface area is 115 Å². The van der Waals surface area contributed by atoms with Crippen LogP contribution in [0.4, 0.5) is 0 Å². The summed E-state index contributed by atoms with van der Waals surface area (Å²) in [7, 11) is 1.63. The van der Waals surface area contributed by atoms with Crippen LogP contribution in [0.15, 0.2) is 39.6 Å². The number of furan rings is 1. The number of ether oxygens (including phenoxy) is 1. The molecule has 1 unspecified atom stereocenters. The van der Waals surface area contributed by atoms with Crippen molar-refractivity contribution in [2.45, 2.75) is 19.4 Å². The zero-order valence-corrected chi connectivity index (χ0v) is 11.9. The predicted molar refractivity (Wildman–Crippen MR) is 72.8 cm³/mol. The van der Waals surface area contributed by atoms with E-state index in [9.17, 15) is 5.11 Å². The number of benzene rings is 1. The third kappa shape index (κ3) is 2.76. The summed E-state index contributed by atoms with van der Waals surface area (Å²) in [6.45, 7) is 2.02. The number of aryl methyl sites for hydroxylation is 1. The van der Waals surface area contributed by atoms with Crippen molar-refractivity contribution >= 4 is 15.9 Å². The van der Waals surface area contributed by atoms with E-state index in [1.165, 1.54) is 0 Å². The SMILES string of the molecule is COc1ccc(C)cc1CC(O)c1ccoc1Br.